The molecule has 4 aromatic rings. The molecule has 172 valence electrons. The Labute approximate surface area is 214 Å². The fourth-order valence-electron chi connectivity index (χ4n) is 4.90. The van der Waals surface area contributed by atoms with Crippen LogP contribution in [0.15, 0.2) is 114 Å². The van der Waals surface area contributed by atoms with Gasteiger partial charge in [0.2, 0.25) is 0 Å². The monoisotopic (exact) mass is 482 g/mol. The second-order valence-electron chi connectivity index (χ2n) is 8.90. The van der Waals surface area contributed by atoms with Crippen molar-refractivity contribution in [2.45, 2.75) is 4.90 Å². The molecule has 0 spiro atoms. The van der Waals surface area contributed by atoms with Gasteiger partial charge in [0.1, 0.15) is 5.84 Å². The van der Waals surface area contributed by atoms with E-state index < -0.39 is 0 Å². The number of hydrogen-bond acceptors (Lipinski definition) is 5. The Kier molecular flexibility index (Phi) is 4.89. The van der Waals surface area contributed by atoms with Crippen LogP contribution in [0.5, 0.6) is 0 Å². The molecule has 0 aliphatic carbocycles. The Morgan fingerprint density at radius 1 is 0.889 bits per heavy atom. The van der Waals surface area contributed by atoms with Gasteiger partial charge in [-0.25, -0.2) is 4.99 Å². The summed E-state index contributed by atoms with van der Waals surface area (Å²) in [5.41, 5.74) is 9.89. The summed E-state index contributed by atoms with van der Waals surface area (Å²) in [5.74, 6) is 0.886. The lowest BCUT2D eigenvalue weighted by Gasteiger charge is -2.22. The topological polar surface area (TPSA) is 40.5 Å². The van der Waals surface area contributed by atoms with Crippen molar-refractivity contribution in [3.05, 3.63) is 121 Å². The first-order chi connectivity index (χ1) is 17.7. The van der Waals surface area contributed by atoms with Gasteiger partial charge in [0, 0.05) is 40.4 Å². The lowest BCUT2D eigenvalue weighted by atomic mass is 9.92. The number of fused-ring (bicyclic) bond motifs is 5. The van der Waals surface area contributed by atoms with E-state index >= 15 is 0 Å². The fraction of sp³-hybridized carbons (Fsp3) is 0.0323. The molecule has 0 atom stereocenters. The summed E-state index contributed by atoms with van der Waals surface area (Å²) < 4.78 is 2.13. The van der Waals surface area contributed by atoms with Crippen molar-refractivity contribution >= 4 is 51.7 Å². The van der Waals surface area contributed by atoms with Gasteiger partial charge < -0.3 is 5.32 Å². The molecular formula is C31H22N4S. The highest BCUT2D eigenvalue weighted by molar-refractivity contribution is 7.97. The molecule has 0 saturated carbocycles. The largest absolute Gasteiger partial charge is 0.379 e. The van der Waals surface area contributed by atoms with E-state index in [2.05, 4.69) is 106 Å². The Morgan fingerprint density at radius 3 is 2.67 bits per heavy atom. The van der Waals surface area contributed by atoms with Crippen LogP contribution < -0.4 is 5.32 Å². The van der Waals surface area contributed by atoms with E-state index in [0.717, 1.165) is 56.3 Å². The van der Waals surface area contributed by atoms with Gasteiger partial charge in [-0.1, -0.05) is 67.3 Å². The molecule has 0 amide bonds. The summed E-state index contributed by atoms with van der Waals surface area (Å²) in [5, 5.41) is 4.67. The van der Waals surface area contributed by atoms with Gasteiger partial charge in [-0.05, 0) is 64.6 Å². The maximum Gasteiger partial charge on any atom is 0.143 e. The molecule has 0 radical (unpaired) electrons. The number of nitrogens with zero attached hydrogens (tertiary/aromatic N) is 3. The molecule has 5 heteroatoms. The first-order valence-corrected chi connectivity index (χ1v) is 12.7. The number of allylic oxidation sites excluding steroid dienone is 2. The van der Waals surface area contributed by atoms with Crippen molar-refractivity contribution < 1.29 is 0 Å². The summed E-state index contributed by atoms with van der Waals surface area (Å²) >= 11 is 1.67. The third-order valence-corrected chi connectivity index (χ3v) is 7.73. The Morgan fingerprint density at radius 2 is 1.75 bits per heavy atom. The zero-order valence-corrected chi connectivity index (χ0v) is 20.3. The van der Waals surface area contributed by atoms with Gasteiger partial charge >= 0.3 is 0 Å². The number of nitrogens with one attached hydrogen (secondary N) is 1. The minimum Gasteiger partial charge on any atom is -0.379 e. The molecule has 3 aliphatic heterocycles. The molecule has 4 heterocycles. The average molecular weight is 483 g/mol. The van der Waals surface area contributed by atoms with Crippen LogP contribution in [0.25, 0.3) is 39.4 Å². The molecule has 3 aromatic carbocycles. The second kappa shape index (κ2) is 8.40. The van der Waals surface area contributed by atoms with Crippen LogP contribution in [0.1, 0.15) is 16.7 Å². The van der Waals surface area contributed by atoms with Gasteiger partial charge in [-0.15, -0.1) is 0 Å². The lowest BCUT2D eigenvalue weighted by molar-refractivity contribution is 0.932. The van der Waals surface area contributed by atoms with E-state index in [1.54, 1.807) is 11.9 Å². The van der Waals surface area contributed by atoms with Crippen LogP contribution in [-0.4, -0.2) is 21.7 Å². The first-order valence-electron chi connectivity index (χ1n) is 11.9. The number of anilines is 1. The van der Waals surface area contributed by atoms with Crippen LogP contribution >= 0.6 is 11.9 Å². The van der Waals surface area contributed by atoms with Crippen molar-refractivity contribution in [3.8, 4) is 11.1 Å². The van der Waals surface area contributed by atoms with Crippen molar-refractivity contribution in [1.82, 2.24) is 9.29 Å². The number of benzene rings is 3. The smallest absolute Gasteiger partial charge is 0.143 e. The average Bonchev–Trinajstić information content (AvgIpc) is 3.08. The van der Waals surface area contributed by atoms with E-state index in [1.807, 2.05) is 18.3 Å². The SMILES string of the molecule is C=C1N=C2C=CC(c3ccc(-c4cc5cccnc5c5c4C=CCN5)cc3)=CN2Sc2ccccc21. The number of pyridine rings is 1. The van der Waals surface area contributed by atoms with Crippen LogP contribution in [0, 0.1) is 0 Å². The van der Waals surface area contributed by atoms with Crippen molar-refractivity contribution in [2.24, 2.45) is 4.99 Å². The van der Waals surface area contributed by atoms with E-state index in [1.165, 1.54) is 16.7 Å². The number of aromatic nitrogens is 1. The summed E-state index contributed by atoms with van der Waals surface area (Å²) in [6.07, 6.45) is 12.6. The maximum absolute atomic E-state index is 4.77. The molecule has 7 rings (SSSR count). The van der Waals surface area contributed by atoms with Crippen molar-refractivity contribution in [3.63, 3.8) is 0 Å². The summed E-state index contributed by atoms with van der Waals surface area (Å²) in [6, 6.07) is 23.5. The van der Waals surface area contributed by atoms with Gasteiger partial charge in [0.05, 0.1) is 16.9 Å². The van der Waals surface area contributed by atoms with Crippen LogP contribution in [0.4, 0.5) is 5.69 Å². The molecule has 1 N–H and O–H groups in total. The predicted molar refractivity (Wildman–Crippen MR) is 152 cm³/mol. The molecule has 1 aromatic heterocycles. The second-order valence-corrected chi connectivity index (χ2v) is 9.91. The maximum atomic E-state index is 4.77. The van der Waals surface area contributed by atoms with Crippen LogP contribution in [0.3, 0.4) is 0 Å². The standard InChI is InChI=1S/C31H22N4S/c1-20-25-7-2-3-9-28(25)36-35-19-24(14-15-29(35)34-20)21-10-12-22(13-11-21)27-18-23-6-4-16-32-30(23)31-26(27)8-5-17-33-31/h2-16,18-19,33H,1,17H2. The summed E-state index contributed by atoms with van der Waals surface area (Å²) in [7, 11) is 0. The first kappa shape index (κ1) is 21.0. The zero-order valence-electron chi connectivity index (χ0n) is 19.5. The highest BCUT2D eigenvalue weighted by atomic mass is 32.2. The predicted octanol–water partition coefficient (Wildman–Crippen LogP) is 7.64. The highest BCUT2D eigenvalue weighted by Crippen LogP contribution is 2.40. The number of rotatable bonds is 2. The number of hydrogen-bond donors (Lipinski definition) is 1. The Balaban J connectivity index is 1.25. The number of amidine groups is 1. The zero-order chi connectivity index (χ0) is 24.1. The molecule has 3 aliphatic rings. The van der Waals surface area contributed by atoms with Gasteiger partial charge in [0.15, 0.2) is 0 Å². The molecule has 4 nitrogen and oxygen atoms in total. The van der Waals surface area contributed by atoms with E-state index in [4.69, 9.17) is 4.99 Å². The molecule has 36 heavy (non-hydrogen) atoms. The fourth-order valence-corrected chi connectivity index (χ4v) is 5.90. The molecule has 0 saturated heterocycles. The third-order valence-electron chi connectivity index (χ3n) is 6.68. The van der Waals surface area contributed by atoms with Gasteiger partial charge in [-0.2, -0.15) is 0 Å². The van der Waals surface area contributed by atoms with Crippen molar-refractivity contribution in [1.29, 1.82) is 0 Å². The molecular weight excluding hydrogens is 460 g/mol. The quantitative estimate of drug-likeness (QED) is 0.298. The lowest BCUT2D eigenvalue weighted by Crippen LogP contribution is -2.18. The Bertz CT molecular complexity index is 1680. The minimum absolute atomic E-state index is 0.791. The van der Waals surface area contributed by atoms with Crippen LogP contribution in [0.2, 0.25) is 0 Å². The molecule has 0 bridgehead atoms. The normalized spacial score (nSPS) is 15.9. The molecule has 0 fully saturated rings. The van der Waals surface area contributed by atoms with Crippen molar-refractivity contribution in [2.75, 3.05) is 11.9 Å². The Hall–Kier alpha value is -4.35. The summed E-state index contributed by atoms with van der Waals surface area (Å²) in [4.78, 5) is 10.5. The summed E-state index contributed by atoms with van der Waals surface area (Å²) in [6.45, 7) is 5.00. The highest BCUT2D eigenvalue weighted by Gasteiger charge is 2.21. The minimum atomic E-state index is 0.791. The number of aliphatic imine (C=N–C) groups is 1. The molecule has 0 unspecified atom stereocenters. The van der Waals surface area contributed by atoms with E-state index in [0.29, 0.717) is 0 Å². The third kappa shape index (κ3) is 3.48. The van der Waals surface area contributed by atoms with Gasteiger partial charge in [-0.3, -0.25) is 9.29 Å². The van der Waals surface area contributed by atoms with E-state index in [-0.39, 0.29) is 0 Å². The van der Waals surface area contributed by atoms with Gasteiger partial charge in [0.25, 0.3) is 0 Å². The van der Waals surface area contributed by atoms with E-state index in [9.17, 15) is 0 Å². The van der Waals surface area contributed by atoms with Crippen LogP contribution in [-0.2, 0) is 0 Å².